The van der Waals surface area contributed by atoms with Crippen LogP contribution in [0, 0.1) is 6.42 Å². The van der Waals surface area contributed by atoms with Gasteiger partial charge in [-0.05, 0) is 29.3 Å². The van der Waals surface area contributed by atoms with Gasteiger partial charge in [0.2, 0.25) is 5.91 Å². The normalized spacial score (nSPS) is 10.4. The molecule has 1 radical (unpaired) electrons. The summed E-state index contributed by atoms with van der Waals surface area (Å²) in [5.41, 5.74) is 7.60. The number of primary amides is 1. The molecule has 0 aliphatic rings. The molecule has 0 bridgehead atoms. The number of nitrogens with two attached hydrogens (primary N) is 1. The first kappa shape index (κ1) is 14.6. The van der Waals surface area contributed by atoms with Crippen LogP contribution < -0.4 is 5.73 Å². The Hall–Kier alpha value is -1.84. The molecule has 0 atom stereocenters. The minimum atomic E-state index is -0.438. The Morgan fingerprint density at radius 3 is 2.75 bits per heavy atom. The summed E-state index contributed by atoms with van der Waals surface area (Å²) in [6.45, 7) is 0.868. The topological polar surface area (TPSA) is 52.3 Å². The summed E-state index contributed by atoms with van der Waals surface area (Å²) in [4.78, 5) is 11.3. The van der Waals surface area contributed by atoms with Crippen molar-refractivity contribution in [1.29, 1.82) is 0 Å². The second-order valence-electron chi connectivity index (χ2n) is 4.30. The van der Waals surface area contributed by atoms with Gasteiger partial charge >= 0.3 is 0 Å². The third-order valence-corrected chi connectivity index (χ3v) is 3.04. The van der Waals surface area contributed by atoms with Crippen LogP contribution in [-0.2, 0) is 11.3 Å². The van der Waals surface area contributed by atoms with E-state index >= 15 is 0 Å². The zero-order chi connectivity index (χ0) is 14.4. The summed E-state index contributed by atoms with van der Waals surface area (Å²) >= 11 is 5.89. The fraction of sp³-hybridized carbons (Fsp3) is 0.125. The Labute approximate surface area is 123 Å². The first-order valence-corrected chi connectivity index (χ1v) is 6.59. The maximum atomic E-state index is 11.3. The average Bonchev–Trinajstić information content (AvgIpc) is 2.44. The Morgan fingerprint density at radius 1 is 1.20 bits per heavy atom. The first-order chi connectivity index (χ1) is 9.66. The van der Waals surface area contributed by atoms with Gasteiger partial charge in [-0.25, -0.2) is 0 Å². The highest BCUT2D eigenvalue weighted by Crippen LogP contribution is 2.13. The highest BCUT2D eigenvalue weighted by molar-refractivity contribution is 6.30. The molecule has 103 valence electrons. The van der Waals surface area contributed by atoms with Gasteiger partial charge in [-0.15, -0.1) is 0 Å². The summed E-state index contributed by atoms with van der Waals surface area (Å²) in [7, 11) is 0. The van der Waals surface area contributed by atoms with Crippen LogP contribution in [0.5, 0.6) is 0 Å². The van der Waals surface area contributed by atoms with E-state index in [0.29, 0.717) is 23.8 Å². The Balaban J connectivity index is 1.86. The second kappa shape index (κ2) is 7.08. The number of hydrogen-bond acceptors (Lipinski definition) is 2. The lowest BCUT2D eigenvalue weighted by Crippen LogP contribution is -2.13. The lowest BCUT2D eigenvalue weighted by Gasteiger charge is -2.07. The number of benzene rings is 2. The van der Waals surface area contributed by atoms with Crippen molar-refractivity contribution < 1.29 is 9.53 Å². The number of ether oxygens (including phenoxy) is 1. The summed E-state index contributed by atoms with van der Waals surface area (Å²) in [5.74, 6) is -0.438. The van der Waals surface area contributed by atoms with Crippen molar-refractivity contribution in [2.75, 3.05) is 6.61 Å². The minimum absolute atomic E-state index is 0.400. The average molecular weight is 289 g/mol. The zero-order valence-corrected chi connectivity index (χ0v) is 11.6. The van der Waals surface area contributed by atoms with Crippen LogP contribution in [0.3, 0.4) is 0 Å². The molecule has 0 heterocycles. The molecule has 20 heavy (non-hydrogen) atoms. The van der Waals surface area contributed by atoms with Gasteiger partial charge in [0.15, 0.2) is 0 Å². The van der Waals surface area contributed by atoms with Crippen molar-refractivity contribution in [3.63, 3.8) is 0 Å². The van der Waals surface area contributed by atoms with E-state index in [1.165, 1.54) is 0 Å². The number of carbonyl (C=O) groups is 1. The molecule has 2 N–H and O–H groups in total. The van der Waals surface area contributed by atoms with Gasteiger partial charge in [-0.3, -0.25) is 4.79 Å². The van der Waals surface area contributed by atoms with Crippen molar-refractivity contribution >= 4 is 17.5 Å². The van der Waals surface area contributed by atoms with Crippen LogP contribution in [-0.4, -0.2) is 12.5 Å². The van der Waals surface area contributed by atoms with Gasteiger partial charge < -0.3 is 10.5 Å². The lowest BCUT2D eigenvalue weighted by atomic mass is 10.0. The molecule has 0 fully saturated rings. The molecule has 0 spiro atoms. The third kappa shape index (κ3) is 4.08. The molecule has 0 unspecified atom stereocenters. The maximum Gasteiger partial charge on any atom is 0.248 e. The molecule has 2 aromatic rings. The molecular weight excluding hydrogens is 274 g/mol. The van der Waals surface area contributed by atoms with Crippen molar-refractivity contribution in [2.24, 2.45) is 5.73 Å². The molecule has 1 amide bonds. The van der Waals surface area contributed by atoms with Crippen LogP contribution in [0.4, 0.5) is 0 Å². The van der Waals surface area contributed by atoms with Gasteiger partial charge in [0.05, 0.1) is 13.2 Å². The number of rotatable bonds is 6. The van der Waals surface area contributed by atoms with Crippen LogP contribution in [0.2, 0.25) is 5.02 Å². The number of halogens is 1. The highest BCUT2D eigenvalue weighted by Gasteiger charge is 2.06. The Morgan fingerprint density at radius 2 is 2.00 bits per heavy atom. The number of amides is 1. The van der Waals surface area contributed by atoms with Gasteiger partial charge in [0, 0.05) is 17.0 Å². The van der Waals surface area contributed by atoms with Crippen LogP contribution in [0.15, 0.2) is 48.5 Å². The molecule has 0 saturated carbocycles. The van der Waals surface area contributed by atoms with E-state index in [9.17, 15) is 4.79 Å². The van der Waals surface area contributed by atoms with Gasteiger partial charge in [0.25, 0.3) is 0 Å². The maximum absolute atomic E-state index is 11.3. The lowest BCUT2D eigenvalue weighted by molar-refractivity contribution is 0.0999. The van der Waals surface area contributed by atoms with E-state index in [-0.39, 0.29) is 0 Å². The SMILES string of the molecule is NC(=O)c1ccccc1[CH]COCc1cccc(Cl)c1. The first-order valence-electron chi connectivity index (χ1n) is 6.21. The monoisotopic (exact) mass is 288 g/mol. The summed E-state index contributed by atoms with van der Waals surface area (Å²) in [5, 5.41) is 0.689. The number of carbonyl (C=O) groups excluding carboxylic acids is 1. The van der Waals surface area contributed by atoms with Crippen molar-refractivity contribution in [3.05, 3.63) is 76.7 Å². The van der Waals surface area contributed by atoms with E-state index < -0.39 is 5.91 Å². The molecule has 2 rings (SSSR count). The van der Waals surface area contributed by atoms with E-state index in [1.807, 2.05) is 42.8 Å². The minimum Gasteiger partial charge on any atom is -0.376 e. The molecule has 0 saturated heterocycles. The fourth-order valence-electron chi connectivity index (χ4n) is 1.85. The molecule has 3 nitrogen and oxygen atoms in total. The van der Waals surface area contributed by atoms with E-state index in [0.717, 1.165) is 11.1 Å². The quantitative estimate of drug-likeness (QED) is 0.830. The zero-order valence-electron chi connectivity index (χ0n) is 10.9. The predicted molar refractivity (Wildman–Crippen MR) is 79.5 cm³/mol. The Bertz CT molecular complexity index is 599. The largest absolute Gasteiger partial charge is 0.376 e. The van der Waals surface area contributed by atoms with E-state index in [4.69, 9.17) is 22.1 Å². The summed E-state index contributed by atoms with van der Waals surface area (Å²) in [6.07, 6.45) is 1.84. The molecule has 4 heteroatoms. The third-order valence-electron chi connectivity index (χ3n) is 2.81. The second-order valence-corrected chi connectivity index (χ2v) is 4.74. The molecular formula is C16H15ClNO2. The fourth-order valence-corrected chi connectivity index (χ4v) is 2.06. The summed E-state index contributed by atoms with van der Waals surface area (Å²) < 4.78 is 5.55. The van der Waals surface area contributed by atoms with Crippen LogP contribution in [0.1, 0.15) is 21.5 Å². The molecule has 2 aromatic carbocycles. The number of hydrogen-bond donors (Lipinski definition) is 1. The van der Waals surface area contributed by atoms with Crippen LogP contribution in [0.25, 0.3) is 0 Å². The molecule has 0 aliphatic heterocycles. The predicted octanol–water partition coefficient (Wildman–Crippen LogP) is 3.21. The molecule has 0 aromatic heterocycles. The summed E-state index contributed by atoms with van der Waals surface area (Å²) in [6, 6.07) is 14.7. The van der Waals surface area contributed by atoms with Crippen molar-refractivity contribution in [3.8, 4) is 0 Å². The van der Waals surface area contributed by atoms with E-state index in [1.54, 1.807) is 12.1 Å². The Kier molecular flexibility index (Phi) is 5.16. The van der Waals surface area contributed by atoms with Crippen LogP contribution >= 0.6 is 11.6 Å². The molecule has 0 aliphatic carbocycles. The van der Waals surface area contributed by atoms with Gasteiger partial charge in [0.1, 0.15) is 0 Å². The van der Waals surface area contributed by atoms with E-state index in [2.05, 4.69) is 0 Å². The highest BCUT2D eigenvalue weighted by atomic mass is 35.5. The standard InChI is InChI=1S/C16H15ClNO2/c17-14-6-3-4-12(10-14)11-20-9-8-13-5-1-2-7-15(13)16(18)19/h1-8,10H,9,11H2,(H2,18,19). The van der Waals surface area contributed by atoms with Crippen molar-refractivity contribution in [2.45, 2.75) is 6.61 Å². The van der Waals surface area contributed by atoms with Gasteiger partial charge in [-0.1, -0.05) is 41.9 Å². The smallest absolute Gasteiger partial charge is 0.248 e. The van der Waals surface area contributed by atoms with Gasteiger partial charge in [-0.2, -0.15) is 0 Å². The van der Waals surface area contributed by atoms with Crippen molar-refractivity contribution in [1.82, 2.24) is 0 Å².